The molecule has 1 unspecified atom stereocenters. The zero-order valence-corrected chi connectivity index (χ0v) is 13.6. The van der Waals surface area contributed by atoms with Gasteiger partial charge in [-0.3, -0.25) is 4.79 Å². The fourth-order valence-corrected chi connectivity index (χ4v) is 2.89. The van der Waals surface area contributed by atoms with Crippen molar-refractivity contribution < 1.29 is 19.8 Å². The van der Waals surface area contributed by atoms with E-state index in [1.165, 1.54) is 23.5 Å². The molecular weight excluding hydrogens is 314 g/mol. The number of nitrogens with one attached hydrogen (secondary N) is 1. The summed E-state index contributed by atoms with van der Waals surface area (Å²) in [6, 6.07) is 8.30. The van der Waals surface area contributed by atoms with Crippen molar-refractivity contribution in [1.82, 2.24) is 5.32 Å². The lowest BCUT2D eigenvalue weighted by molar-refractivity contribution is -0.122. The molecule has 1 heterocycles. The highest BCUT2D eigenvalue weighted by atomic mass is 32.1. The summed E-state index contributed by atoms with van der Waals surface area (Å²) < 4.78 is 0. The SMILES string of the molecule is CC(O)(CNC(=O)CCc1ccc(C(=O)O)cc1)c1ccsc1. The summed E-state index contributed by atoms with van der Waals surface area (Å²) in [6.07, 6.45) is 0.804. The van der Waals surface area contributed by atoms with Gasteiger partial charge in [0.05, 0.1) is 12.1 Å². The van der Waals surface area contributed by atoms with Crippen LogP contribution in [-0.4, -0.2) is 28.6 Å². The van der Waals surface area contributed by atoms with Crippen molar-refractivity contribution in [1.29, 1.82) is 0 Å². The summed E-state index contributed by atoms with van der Waals surface area (Å²) in [5.41, 5.74) is 0.825. The molecule has 1 aromatic heterocycles. The number of aryl methyl sites for hydroxylation is 1. The van der Waals surface area contributed by atoms with Gasteiger partial charge in [-0.05, 0) is 53.4 Å². The van der Waals surface area contributed by atoms with Crippen LogP contribution in [0.5, 0.6) is 0 Å². The molecule has 0 aliphatic rings. The molecule has 0 radical (unpaired) electrons. The molecule has 0 aliphatic carbocycles. The Balaban J connectivity index is 1.80. The maximum Gasteiger partial charge on any atom is 0.335 e. The van der Waals surface area contributed by atoms with Crippen molar-refractivity contribution in [3.8, 4) is 0 Å². The van der Waals surface area contributed by atoms with Gasteiger partial charge in [0, 0.05) is 6.42 Å². The van der Waals surface area contributed by atoms with E-state index in [0.29, 0.717) is 6.42 Å². The molecular formula is C17H19NO4S. The summed E-state index contributed by atoms with van der Waals surface area (Å²) >= 11 is 1.50. The van der Waals surface area contributed by atoms with Gasteiger partial charge < -0.3 is 15.5 Å². The van der Waals surface area contributed by atoms with Gasteiger partial charge in [0.25, 0.3) is 0 Å². The lowest BCUT2D eigenvalue weighted by Gasteiger charge is -2.22. The highest BCUT2D eigenvalue weighted by Gasteiger charge is 2.23. The molecule has 0 bridgehead atoms. The minimum absolute atomic E-state index is 0.150. The molecule has 122 valence electrons. The molecule has 2 aromatic rings. The number of hydrogen-bond donors (Lipinski definition) is 3. The molecule has 2 rings (SSSR count). The number of aromatic carboxylic acids is 1. The first kappa shape index (κ1) is 17.2. The van der Waals surface area contributed by atoms with Crippen LogP contribution >= 0.6 is 11.3 Å². The van der Waals surface area contributed by atoms with Crippen LogP contribution in [0.3, 0.4) is 0 Å². The van der Waals surface area contributed by atoms with Gasteiger partial charge >= 0.3 is 5.97 Å². The number of thiophene rings is 1. The van der Waals surface area contributed by atoms with Crippen LogP contribution in [0.2, 0.25) is 0 Å². The van der Waals surface area contributed by atoms with Crippen molar-refractivity contribution in [2.24, 2.45) is 0 Å². The Morgan fingerprint density at radius 3 is 2.48 bits per heavy atom. The molecule has 0 saturated heterocycles. The number of carbonyl (C=O) groups is 2. The normalized spacial score (nSPS) is 13.3. The first-order valence-electron chi connectivity index (χ1n) is 7.22. The summed E-state index contributed by atoms with van der Waals surface area (Å²) in [5, 5.41) is 25.6. The van der Waals surface area contributed by atoms with E-state index < -0.39 is 11.6 Å². The van der Waals surface area contributed by atoms with Gasteiger partial charge in [0.2, 0.25) is 5.91 Å². The van der Waals surface area contributed by atoms with Crippen LogP contribution in [0.25, 0.3) is 0 Å². The van der Waals surface area contributed by atoms with E-state index in [1.54, 1.807) is 19.1 Å². The van der Waals surface area contributed by atoms with Crippen LogP contribution in [0, 0.1) is 0 Å². The third kappa shape index (κ3) is 4.91. The Labute approximate surface area is 138 Å². The van der Waals surface area contributed by atoms with Gasteiger partial charge in [-0.15, -0.1) is 0 Å². The molecule has 0 aliphatic heterocycles. The maximum atomic E-state index is 11.9. The molecule has 1 amide bonds. The number of carboxylic acids is 1. The predicted molar refractivity (Wildman–Crippen MR) is 88.6 cm³/mol. The lowest BCUT2D eigenvalue weighted by atomic mass is 9.99. The van der Waals surface area contributed by atoms with Crippen molar-refractivity contribution >= 4 is 23.2 Å². The van der Waals surface area contributed by atoms with E-state index in [2.05, 4.69) is 5.32 Å². The fraction of sp³-hybridized carbons (Fsp3) is 0.294. The van der Waals surface area contributed by atoms with Gasteiger partial charge in [-0.25, -0.2) is 4.79 Å². The van der Waals surface area contributed by atoms with Gasteiger partial charge in [0.1, 0.15) is 5.60 Å². The van der Waals surface area contributed by atoms with E-state index in [9.17, 15) is 14.7 Å². The predicted octanol–water partition coefficient (Wildman–Crippen LogP) is 2.40. The number of benzene rings is 1. The van der Waals surface area contributed by atoms with E-state index in [1.807, 2.05) is 16.8 Å². The second kappa shape index (κ2) is 7.39. The summed E-state index contributed by atoms with van der Waals surface area (Å²) in [6.45, 7) is 1.82. The third-order valence-electron chi connectivity index (χ3n) is 3.61. The Morgan fingerprint density at radius 1 is 1.22 bits per heavy atom. The van der Waals surface area contributed by atoms with E-state index >= 15 is 0 Å². The summed E-state index contributed by atoms with van der Waals surface area (Å²) in [7, 11) is 0. The highest BCUT2D eigenvalue weighted by Crippen LogP contribution is 2.22. The van der Waals surface area contributed by atoms with Gasteiger partial charge in [-0.1, -0.05) is 12.1 Å². The van der Waals surface area contributed by atoms with Gasteiger partial charge in [0.15, 0.2) is 0 Å². The molecule has 5 nitrogen and oxygen atoms in total. The standard InChI is InChI=1S/C17H19NO4S/c1-17(22,14-8-9-23-10-14)11-18-15(19)7-4-12-2-5-13(6-3-12)16(20)21/h2-3,5-6,8-10,22H,4,7,11H2,1H3,(H,18,19)(H,20,21). The summed E-state index contributed by atoms with van der Waals surface area (Å²) in [5.74, 6) is -1.12. The molecule has 0 saturated carbocycles. The largest absolute Gasteiger partial charge is 0.478 e. The average molecular weight is 333 g/mol. The molecule has 1 atom stereocenters. The molecule has 1 aromatic carbocycles. The smallest absolute Gasteiger partial charge is 0.335 e. The average Bonchev–Trinajstić information content (AvgIpc) is 3.06. The topological polar surface area (TPSA) is 86.6 Å². The number of aliphatic hydroxyl groups is 1. The van der Waals surface area contributed by atoms with Crippen molar-refractivity contribution in [2.45, 2.75) is 25.4 Å². The summed E-state index contributed by atoms with van der Waals surface area (Å²) in [4.78, 5) is 22.7. The van der Waals surface area contributed by atoms with E-state index in [4.69, 9.17) is 5.11 Å². The maximum absolute atomic E-state index is 11.9. The molecule has 23 heavy (non-hydrogen) atoms. The monoisotopic (exact) mass is 333 g/mol. The Morgan fingerprint density at radius 2 is 1.91 bits per heavy atom. The Kier molecular flexibility index (Phi) is 5.52. The quantitative estimate of drug-likeness (QED) is 0.726. The lowest BCUT2D eigenvalue weighted by Crippen LogP contribution is -2.38. The minimum Gasteiger partial charge on any atom is -0.478 e. The number of amides is 1. The third-order valence-corrected chi connectivity index (χ3v) is 4.30. The van der Waals surface area contributed by atoms with Crippen LogP contribution in [-0.2, 0) is 16.8 Å². The molecule has 0 spiro atoms. The first-order valence-corrected chi connectivity index (χ1v) is 8.17. The Bertz CT molecular complexity index is 662. The molecule has 3 N–H and O–H groups in total. The molecule has 0 fully saturated rings. The van der Waals surface area contributed by atoms with Crippen molar-refractivity contribution in [3.05, 3.63) is 57.8 Å². The van der Waals surface area contributed by atoms with E-state index in [-0.39, 0.29) is 24.4 Å². The van der Waals surface area contributed by atoms with Crippen LogP contribution in [0.15, 0.2) is 41.1 Å². The van der Waals surface area contributed by atoms with Crippen molar-refractivity contribution in [2.75, 3.05) is 6.54 Å². The fourth-order valence-electron chi connectivity index (χ4n) is 2.10. The van der Waals surface area contributed by atoms with Crippen LogP contribution in [0.1, 0.15) is 34.8 Å². The number of hydrogen-bond acceptors (Lipinski definition) is 4. The second-order valence-corrected chi connectivity index (χ2v) is 6.34. The first-order chi connectivity index (χ1) is 10.9. The minimum atomic E-state index is -1.08. The second-order valence-electron chi connectivity index (χ2n) is 5.56. The highest BCUT2D eigenvalue weighted by molar-refractivity contribution is 7.08. The number of carboxylic acid groups (broad SMARTS) is 1. The van der Waals surface area contributed by atoms with E-state index in [0.717, 1.165) is 11.1 Å². The van der Waals surface area contributed by atoms with Crippen LogP contribution < -0.4 is 5.32 Å². The zero-order valence-electron chi connectivity index (χ0n) is 12.8. The number of carbonyl (C=O) groups excluding carboxylic acids is 1. The molecule has 6 heteroatoms. The van der Waals surface area contributed by atoms with Crippen molar-refractivity contribution in [3.63, 3.8) is 0 Å². The zero-order chi connectivity index (χ0) is 16.9. The number of rotatable bonds is 7. The van der Waals surface area contributed by atoms with Gasteiger partial charge in [-0.2, -0.15) is 11.3 Å². The van der Waals surface area contributed by atoms with Crippen LogP contribution in [0.4, 0.5) is 0 Å². The Hall–Kier alpha value is -2.18.